The first-order valence-electron chi connectivity index (χ1n) is 11.1. The number of carbonyl (C=O) groups is 3. The van der Waals surface area contributed by atoms with E-state index in [1.807, 2.05) is 0 Å². The minimum Gasteiger partial charge on any atom is -0.336 e. The van der Waals surface area contributed by atoms with Gasteiger partial charge in [0.25, 0.3) is 29.9 Å². The van der Waals surface area contributed by atoms with Crippen LogP contribution in [0.5, 0.6) is 0 Å². The molecule has 5 aliphatic rings. The summed E-state index contributed by atoms with van der Waals surface area (Å²) in [6.45, 7) is 1.44. The maximum Gasteiger partial charge on any atom is 0.293 e. The summed E-state index contributed by atoms with van der Waals surface area (Å²) in [5.74, 6) is -4.86. The lowest BCUT2D eigenvalue weighted by atomic mass is 9.74. The first-order chi connectivity index (χ1) is 16.9. The number of aromatic nitrogens is 2. The number of nitrogens with zero attached hydrogens (tertiary/aromatic N) is 2. The van der Waals surface area contributed by atoms with E-state index in [1.165, 1.54) is 6.92 Å². The van der Waals surface area contributed by atoms with E-state index in [2.05, 4.69) is 21.5 Å². The van der Waals surface area contributed by atoms with Crippen molar-refractivity contribution < 1.29 is 36.3 Å². The van der Waals surface area contributed by atoms with Crippen molar-refractivity contribution in [1.29, 1.82) is 0 Å². The van der Waals surface area contributed by atoms with Crippen LogP contribution in [0.25, 0.3) is 0 Å². The Labute approximate surface area is 200 Å². The number of pyridine rings is 1. The second-order valence-corrected chi connectivity index (χ2v) is 9.81. The van der Waals surface area contributed by atoms with Gasteiger partial charge in [-0.05, 0) is 30.4 Å². The Hall–Kier alpha value is -3.75. The van der Waals surface area contributed by atoms with Crippen LogP contribution in [0.2, 0.25) is 0 Å². The molecule has 4 atom stereocenters. The monoisotopic (exact) mass is 504 g/mol. The summed E-state index contributed by atoms with van der Waals surface area (Å²) in [7, 11) is 0. The highest BCUT2D eigenvalue weighted by Crippen LogP contribution is 2.86. The zero-order chi connectivity index (χ0) is 25.9. The van der Waals surface area contributed by atoms with E-state index in [9.17, 15) is 36.3 Å². The van der Waals surface area contributed by atoms with E-state index in [-0.39, 0.29) is 40.6 Å². The second kappa shape index (κ2) is 6.93. The van der Waals surface area contributed by atoms with Crippen molar-refractivity contribution in [2.75, 3.05) is 5.32 Å². The maximum absolute atomic E-state index is 14.4. The van der Waals surface area contributed by atoms with Crippen LogP contribution in [0.4, 0.5) is 27.6 Å². The predicted molar refractivity (Wildman–Crippen MR) is 113 cm³/mol. The molecule has 3 unspecified atom stereocenters. The number of carbonyl (C=O) groups excluding carboxylic acids is 3. The average molecular weight is 504 g/mol. The molecule has 0 radical (unpaired) electrons. The van der Waals surface area contributed by atoms with Crippen LogP contribution in [-0.4, -0.2) is 38.6 Å². The molecule has 0 spiro atoms. The number of terminal acetylenes is 1. The lowest BCUT2D eigenvalue weighted by molar-refractivity contribution is -0.133. The number of hydrogen-bond acceptors (Lipinski definition) is 4. The molecule has 36 heavy (non-hydrogen) atoms. The summed E-state index contributed by atoms with van der Waals surface area (Å²) >= 11 is 0. The lowest BCUT2D eigenvalue weighted by Gasteiger charge is -2.43. The molecule has 2 aromatic heterocycles. The van der Waals surface area contributed by atoms with Crippen molar-refractivity contribution >= 4 is 23.3 Å². The Bertz CT molecular complexity index is 1420. The lowest BCUT2D eigenvalue weighted by Crippen LogP contribution is -2.62. The van der Waals surface area contributed by atoms with Gasteiger partial charge in [-0.1, -0.05) is 5.92 Å². The van der Waals surface area contributed by atoms with E-state index in [4.69, 9.17) is 6.42 Å². The molecular formula is C24H17F5N4O3. The zero-order valence-electron chi connectivity index (χ0n) is 18.5. The molecule has 2 amide bonds. The molecule has 2 aromatic rings. The summed E-state index contributed by atoms with van der Waals surface area (Å²) in [5.41, 5.74) is -2.63. The van der Waals surface area contributed by atoms with E-state index in [1.54, 1.807) is 4.57 Å². The van der Waals surface area contributed by atoms with E-state index < -0.39 is 65.5 Å². The number of nitrogens with one attached hydrogen (secondary N) is 2. The standard InChI is InChI=1S/C24H17F5N4O3/c1-3-23(6-24(28,29)7-23)32-22(36)19(34)10-8(2)16(33-17(10)11-12-13(11)18(12)33)21(35)31-9-4-5-30-15(14(9)25)20(26)27/h1,4-5,11-13,18,20H,6-7H2,2H3,(H,32,36)(H,30,31,35)/t11?,12-,13?,18?/m0/s1. The van der Waals surface area contributed by atoms with Crippen molar-refractivity contribution in [1.82, 2.24) is 14.9 Å². The molecule has 12 heteroatoms. The van der Waals surface area contributed by atoms with Gasteiger partial charge >= 0.3 is 0 Å². The van der Waals surface area contributed by atoms with Gasteiger partial charge in [0.15, 0.2) is 5.82 Å². The summed E-state index contributed by atoms with van der Waals surface area (Å²) in [4.78, 5) is 42.4. The molecule has 3 aliphatic carbocycles. The number of halogens is 5. The van der Waals surface area contributed by atoms with Crippen LogP contribution in [-0.2, 0) is 4.79 Å². The normalized spacial score (nSPS) is 26.8. The highest BCUT2D eigenvalue weighted by molar-refractivity contribution is 6.44. The number of alkyl halides is 4. The molecule has 0 saturated heterocycles. The van der Waals surface area contributed by atoms with E-state index in [0.29, 0.717) is 5.69 Å². The summed E-state index contributed by atoms with van der Waals surface area (Å²) in [6, 6.07) is 0.982. The molecule has 3 fully saturated rings. The molecule has 2 bridgehead atoms. The quantitative estimate of drug-likeness (QED) is 0.273. The fourth-order valence-electron chi connectivity index (χ4n) is 5.96. The van der Waals surface area contributed by atoms with Crippen LogP contribution in [0, 0.1) is 36.9 Å². The average Bonchev–Trinajstić information content (AvgIpc) is 3.58. The molecule has 0 aromatic carbocycles. The van der Waals surface area contributed by atoms with Gasteiger partial charge in [-0.25, -0.2) is 22.0 Å². The fraction of sp³-hybridized carbons (Fsp3) is 0.417. The van der Waals surface area contributed by atoms with Gasteiger partial charge in [0.05, 0.1) is 11.3 Å². The molecule has 186 valence electrons. The van der Waals surface area contributed by atoms with Gasteiger partial charge in [-0.3, -0.25) is 19.4 Å². The van der Waals surface area contributed by atoms with Gasteiger partial charge in [-0.15, -0.1) is 6.42 Å². The smallest absolute Gasteiger partial charge is 0.293 e. The number of anilines is 1. The highest BCUT2D eigenvalue weighted by atomic mass is 19.3. The van der Waals surface area contributed by atoms with E-state index >= 15 is 0 Å². The molecule has 2 N–H and O–H groups in total. The minimum atomic E-state index is -3.19. The van der Waals surface area contributed by atoms with Gasteiger partial charge < -0.3 is 15.2 Å². The SMILES string of the molecule is C#CC1(NC(=O)C(=O)c2c(C)c(C(=O)Nc3ccnc(C(F)F)c3F)n3c2C2C4C3[C@@H]24)CC(F)(F)C1. The first-order valence-corrected chi connectivity index (χ1v) is 11.1. The summed E-state index contributed by atoms with van der Waals surface area (Å²) in [5, 5.41) is 4.51. The van der Waals surface area contributed by atoms with Crippen LogP contribution < -0.4 is 10.6 Å². The Morgan fingerprint density at radius 1 is 1.25 bits per heavy atom. The van der Waals surface area contributed by atoms with Crippen molar-refractivity contribution in [2.24, 2.45) is 11.8 Å². The third kappa shape index (κ3) is 2.91. The topological polar surface area (TPSA) is 93.1 Å². The Morgan fingerprint density at radius 3 is 2.50 bits per heavy atom. The number of Topliss-reactive ketones (excluding diaryl/α,β-unsaturated/α-hetero) is 1. The highest BCUT2D eigenvalue weighted by Gasteiger charge is 2.81. The molecule has 3 saturated carbocycles. The maximum atomic E-state index is 14.4. The number of amides is 2. The van der Waals surface area contributed by atoms with Crippen LogP contribution in [0.3, 0.4) is 0 Å². The molecule has 2 aliphatic heterocycles. The van der Waals surface area contributed by atoms with Gasteiger partial charge in [0.1, 0.15) is 16.9 Å². The van der Waals surface area contributed by atoms with Crippen molar-refractivity contribution in [3.8, 4) is 12.3 Å². The number of rotatable bonds is 6. The molecule has 7 rings (SSSR count). The van der Waals surface area contributed by atoms with Crippen LogP contribution >= 0.6 is 0 Å². The fourth-order valence-corrected chi connectivity index (χ4v) is 5.96. The number of ketones is 1. The largest absolute Gasteiger partial charge is 0.336 e. The van der Waals surface area contributed by atoms with Crippen molar-refractivity contribution in [2.45, 2.75) is 49.6 Å². The third-order valence-corrected chi connectivity index (χ3v) is 7.65. The van der Waals surface area contributed by atoms with Gasteiger partial charge in [0.2, 0.25) is 0 Å². The van der Waals surface area contributed by atoms with Gasteiger partial charge in [0, 0.05) is 36.7 Å². The molecular weight excluding hydrogens is 487 g/mol. The molecule has 4 heterocycles. The van der Waals surface area contributed by atoms with Crippen LogP contribution in [0.15, 0.2) is 12.3 Å². The first kappa shape index (κ1) is 22.7. The Kier molecular flexibility index (Phi) is 4.37. The zero-order valence-corrected chi connectivity index (χ0v) is 18.5. The third-order valence-electron chi connectivity index (χ3n) is 7.65. The molecule has 7 nitrogen and oxygen atoms in total. The Morgan fingerprint density at radius 2 is 1.92 bits per heavy atom. The summed E-state index contributed by atoms with van der Waals surface area (Å²) in [6.07, 6.45) is 1.50. The van der Waals surface area contributed by atoms with Crippen LogP contribution in [0.1, 0.15) is 69.0 Å². The van der Waals surface area contributed by atoms with Crippen molar-refractivity contribution in [3.63, 3.8) is 0 Å². The van der Waals surface area contributed by atoms with Gasteiger partial charge in [-0.2, -0.15) is 0 Å². The predicted octanol–water partition coefficient (Wildman–Crippen LogP) is 3.52. The second-order valence-electron chi connectivity index (χ2n) is 9.81. The minimum absolute atomic E-state index is 0.00954. The van der Waals surface area contributed by atoms with E-state index in [0.717, 1.165) is 12.3 Å². The summed E-state index contributed by atoms with van der Waals surface area (Å²) < 4.78 is 68.9. The van der Waals surface area contributed by atoms with Crippen molar-refractivity contribution in [3.05, 3.63) is 46.3 Å². The number of hydrogen-bond donors (Lipinski definition) is 2. The Balaban J connectivity index is 1.32.